The first-order chi connectivity index (χ1) is 13.8. The third-order valence-electron chi connectivity index (χ3n) is 5.10. The van der Waals surface area contributed by atoms with E-state index in [4.69, 9.17) is 11.6 Å². The molecule has 1 N–H and O–H groups in total. The van der Waals surface area contributed by atoms with Gasteiger partial charge >= 0.3 is 5.97 Å². The number of aromatic carboxylic acids is 1. The van der Waals surface area contributed by atoms with Crippen LogP contribution >= 0.6 is 11.6 Å². The minimum atomic E-state index is -3.75. The van der Waals surface area contributed by atoms with Gasteiger partial charge in [0.15, 0.2) is 0 Å². The smallest absolute Gasteiger partial charge is 0.339 e. The van der Waals surface area contributed by atoms with Crippen molar-refractivity contribution in [2.24, 2.45) is 0 Å². The molecular weight excluding hydrogens is 412 g/mol. The third-order valence-corrected chi connectivity index (χ3v) is 7.31. The van der Waals surface area contributed by atoms with Crippen LogP contribution in [0.1, 0.15) is 21.6 Å². The van der Waals surface area contributed by atoms with E-state index in [2.05, 4.69) is 0 Å². The van der Waals surface area contributed by atoms with Gasteiger partial charge in [-0.15, -0.1) is 0 Å². The van der Waals surface area contributed by atoms with Gasteiger partial charge in [-0.3, -0.25) is 0 Å². The Hall–Kier alpha value is -2.61. The number of halogens is 1. The fourth-order valence-corrected chi connectivity index (χ4v) is 5.63. The Bertz CT molecular complexity index is 1200. The monoisotopic (exact) mass is 430 g/mol. The summed E-state index contributed by atoms with van der Waals surface area (Å²) in [6.45, 7) is 2.32. The summed E-state index contributed by atoms with van der Waals surface area (Å²) < 4.78 is 29.4. The van der Waals surface area contributed by atoms with Crippen LogP contribution in [0, 0.1) is 6.92 Å². The van der Waals surface area contributed by atoms with E-state index in [1.165, 1.54) is 4.31 Å². The quantitative estimate of drug-likeness (QED) is 0.678. The number of aryl methyl sites for hydroxylation is 1. The Kier molecular flexibility index (Phi) is 4.98. The zero-order valence-electron chi connectivity index (χ0n) is 15.7. The minimum Gasteiger partial charge on any atom is -0.478 e. The number of benzene rings is 2. The average Bonchev–Trinajstić information content (AvgIpc) is 2.99. The van der Waals surface area contributed by atoms with E-state index in [1.807, 2.05) is 47.9 Å². The van der Waals surface area contributed by atoms with E-state index in [9.17, 15) is 18.3 Å². The second-order valence-corrected chi connectivity index (χ2v) is 9.28. The molecule has 1 aliphatic heterocycles. The van der Waals surface area contributed by atoms with E-state index in [0.717, 1.165) is 11.1 Å². The van der Waals surface area contributed by atoms with Crippen LogP contribution in [0.5, 0.6) is 0 Å². The average molecular weight is 431 g/mol. The molecule has 0 aliphatic carbocycles. The van der Waals surface area contributed by atoms with E-state index in [0.29, 0.717) is 17.9 Å². The van der Waals surface area contributed by atoms with Gasteiger partial charge in [-0.1, -0.05) is 54.1 Å². The predicted octanol–water partition coefficient (Wildman–Crippen LogP) is 4.02. The molecule has 0 radical (unpaired) electrons. The molecule has 150 valence electrons. The van der Waals surface area contributed by atoms with Crippen molar-refractivity contribution in [3.63, 3.8) is 0 Å². The Morgan fingerprint density at radius 2 is 1.79 bits per heavy atom. The molecule has 0 bridgehead atoms. The van der Waals surface area contributed by atoms with Gasteiger partial charge in [0, 0.05) is 18.8 Å². The molecule has 6 nitrogen and oxygen atoms in total. The van der Waals surface area contributed by atoms with Crippen molar-refractivity contribution < 1.29 is 18.3 Å². The number of hydrogen-bond acceptors (Lipinski definition) is 3. The zero-order chi connectivity index (χ0) is 20.8. The Labute approximate surface area is 174 Å². The second kappa shape index (κ2) is 7.33. The van der Waals surface area contributed by atoms with Crippen molar-refractivity contribution in [1.29, 1.82) is 0 Å². The number of carbonyl (C=O) groups is 1. The van der Waals surface area contributed by atoms with Crippen molar-refractivity contribution in [3.8, 4) is 11.3 Å². The van der Waals surface area contributed by atoms with Crippen molar-refractivity contribution >= 4 is 27.6 Å². The number of carboxylic acid groups (broad SMARTS) is 1. The van der Waals surface area contributed by atoms with E-state index < -0.39 is 16.0 Å². The number of sulfonamides is 1. The number of fused-ring (bicyclic) bond motifs is 1. The lowest BCUT2D eigenvalue weighted by atomic mass is 10.1. The maximum Gasteiger partial charge on any atom is 0.339 e. The lowest BCUT2D eigenvalue weighted by Gasteiger charge is -2.29. The molecule has 0 amide bonds. The Morgan fingerprint density at radius 1 is 1.07 bits per heavy atom. The highest BCUT2D eigenvalue weighted by Crippen LogP contribution is 2.38. The number of rotatable bonds is 4. The van der Waals surface area contributed by atoms with Crippen LogP contribution in [0.2, 0.25) is 5.02 Å². The molecule has 1 aliphatic rings. The van der Waals surface area contributed by atoms with Crippen molar-refractivity contribution in [3.05, 3.63) is 76.4 Å². The first-order valence-electron chi connectivity index (χ1n) is 9.07. The van der Waals surface area contributed by atoms with Crippen LogP contribution < -0.4 is 0 Å². The summed E-state index contributed by atoms with van der Waals surface area (Å²) in [5.74, 6) is -1.17. The van der Waals surface area contributed by atoms with Gasteiger partial charge < -0.3 is 9.67 Å². The van der Waals surface area contributed by atoms with Crippen LogP contribution in [0.3, 0.4) is 0 Å². The van der Waals surface area contributed by atoms with Crippen molar-refractivity contribution in [2.75, 3.05) is 6.54 Å². The first-order valence-corrected chi connectivity index (χ1v) is 10.9. The molecule has 0 unspecified atom stereocenters. The van der Waals surface area contributed by atoms with Gasteiger partial charge in [0.05, 0.1) is 22.2 Å². The Balaban J connectivity index is 1.81. The van der Waals surface area contributed by atoms with Gasteiger partial charge in [-0.25, -0.2) is 13.2 Å². The number of nitrogens with zero attached hydrogens (tertiary/aromatic N) is 2. The summed E-state index contributed by atoms with van der Waals surface area (Å²) in [7, 11) is -3.75. The maximum atomic E-state index is 13.1. The van der Waals surface area contributed by atoms with Crippen molar-refractivity contribution in [2.45, 2.75) is 24.9 Å². The summed E-state index contributed by atoms with van der Waals surface area (Å²) >= 11 is 6.48. The van der Waals surface area contributed by atoms with Crippen molar-refractivity contribution in [1.82, 2.24) is 8.87 Å². The zero-order valence-corrected chi connectivity index (χ0v) is 17.2. The molecule has 0 atom stereocenters. The largest absolute Gasteiger partial charge is 0.478 e. The highest BCUT2D eigenvalue weighted by Gasteiger charge is 2.35. The van der Waals surface area contributed by atoms with Crippen LogP contribution in [0.15, 0.2) is 59.5 Å². The fourth-order valence-electron chi connectivity index (χ4n) is 3.73. The van der Waals surface area contributed by atoms with Gasteiger partial charge in [-0.05, 0) is 30.2 Å². The molecular formula is C21H19ClN2O4S. The fraction of sp³-hybridized carbons (Fsp3) is 0.190. The number of aromatic nitrogens is 1. The normalized spacial score (nSPS) is 14.6. The van der Waals surface area contributed by atoms with Crippen LogP contribution in [-0.4, -0.2) is 34.9 Å². The molecule has 8 heteroatoms. The lowest BCUT2D eigenvalue weighted by Crippen LogP contribution is -2.38. The third kappa shape index (κ3) is 3.35. The summed E-state index contributed by atoms with van der Waals surface area (Å²) in [6, 6.07) is 16.0. The van der Waals surface area contributed by atoms with Gasteiger partial charge in [0.25, 0.3) is 0 Å². The van der Waals surface area contributed by atoms with Gasteiger partial charge in [0.2, 0.25) is 10.0 Å². The lowest BCUT2D eigenvalue weighted by molar-refractivity contribution is 0.0694. The number of hydrogen-bond donors (Lipinski definition) is 1. The molecule has 0 fully saturated rings. The van der Waals surface area contributed by atoms with E-state index in [1.54, 1.807) is 18.2 Å². The summed E-state index contributed by atoms with van der Waals surface area (Å²) in [4.78, 5) is 12.1. The highest BCUT2D eigenvalue weighted by atomic mass is 35.5. The molecule has 0 saturated carbocycles. The second-order valence-electron chi connectivity index (χ2n) is 6.96. The predicted molar refractivity (Wildman–Crippen MR) is 111 cm³/mol. The molecule has 0 saturated heterocycles. The minimum absolute atomic E-state index is 0.0466. The van der Waals surface area contributed by atoms with E-state index >= 15 is 0 Å². The molecule has 4 rings (SSSR count). The van der Waals surface area contributed by atoms with Crippen LogP contribution in [0.4, 0.5) is 0 Å². The molecule has 29 heavy (non-hydrogen) atoms. The molecule has 1 aromatic heterocycles. The molecule has 2 heterocycles. The topological polar surface area (TPSA) is 79.6 Å². The van der Waals surface area contributed by atoms with E-state index in [-0.39, 0.29) is 28.6 Å². The standard InChI is InChI=1S/C21H19ClN2O4S/c1-14-6-5-9-16(12-14)29(27,28)23-10-11-24-17(13-23)18(21(25)26)19(22)20(24)15-7-3-2-4-8-15/h2-9,12H,10-11,13H2,1H3,(H,25,26). The highest BCUT2D eigenvalue weighted by molar-refractivity contribution is 7.89. The Morgan fingerprint density at radius 3 is 2.45 bits per heavy atom. The maximum absolute atomic E-state index is 13.1. The first kappa shape index (κ1) is 19.7. The van der Waals surface area contributed by atoms with Gasteiger partial charge in [-0.2, -0.15) is 4.31 Å². The summed E-state index contributed by atoms with van der Waals surface area (Å²) in [5.41, 5.74) is 2.58. The van der Waals surface area contributed by atoms with Crippen LogP contribution in [-0.2, 0) is 23.1 Å². The SMILES string of the molecule is Cc1cccc(S(=O)(=O)N2CCn3c(c(C(=O)O)c(Cl)c3-c3ccccc3)C2)c1. The van der Waals surface area contributed by atoms with Crippen LogP contribution in [0.25, 0.3) is 11.3 Å². The molecule has 0 spiro atoms. The molecule has 2 aromatic carbocycles. The summed E-state index contributed by atoms with van der Waals surface area (Å²) in [6.07, 6.45) is 0. The molecule has 3 aromatic rings. The number of carboxylic acids is 1. The summed E-state index contributed by atoms with van der Waals surface area (Å²) in [5, 5.41) is 9.89. The van der Waals surface area contributed by atoms with Gasteiger partial charge in [0.1, 0.15) is 5.56 Å².